The van der Waals surface area contributed by atoms with Crippen LogP contribution in [0.3, 0.4) is 0 Å². The van der Waals surface area contributed by atoms with Crippen molar-refractivity contribution in [2.75, 3.05) is 26.7 Å². The van der Waals surface area contributed by atoms with Gasteiger partial charge in [-0.2, -0.15) is 0 Å². The number of nitrogens with one attached hydrogen (secondary N) is 1. The topological polar surface area (TPSA) is 47.9 Å². The number of hydrogen-bond donors (Lipinski definition) is 2. The quantitative estimate of drug-likeness (QED) is 0.657. The Bertz CT molecular complexity index is 229. The summed E-state index contributed by atoms with van der Waals surface area (Å²) in [5, 5.41) is 12.6. The van der Waals surface area contributed by atoms with E-state index < -0.39 is 0 Å². The van der Waals surface area contributed by atoms with Crippen LogP contribution in [0.25, 0.3) is 0 Å². The molecule has 4 heteroatoms. The van der Waals surface area contributed by atoms with Gasteiger partial charge in [0.05, 0.1) is 6.54 Å². The van der Waals surface area contributed by atoms with Crippen LogP contribution in [0.5, 0.6) is 0 Å². The Morgan fingerprint density at radius 3 is 3.07 bits per heavy atom. The molecule has 1 aliphatic heterocycles. The number of guanidine groups is 1. The Balaban J connectivity index is 1.90. The second kappa shape index (κ2) is 4.17. The predicted octanol–water partition coefficient (Wildman–Crippen LogP) is 0.0384. The molecule has 0 bridgehead atoms. The van der Waals surface area contributed by atoms with Crippen molar-refractivity contribution in [1.29, 1.82) is 0 Å². The van der Waals surface area contributed by atoms with E-state index in [1.54, 1.807) is 0 Å². The van der Waals surface area contributed by atoms with Crippen LogP contribution in [0.1, 0.15) is 19.3 Å². The number of aliphatic imine (C=N–C) groups is 1. The molecule has 2 rings (SSSR count). The molecule has 2 aliphatic rings. The van der Waals surface area contributed by atoms with Crippen LogP contribution in [0.15, 0.2) is 4.99 Å². The molecule has 0 amide bonds. The number of hydrogen-bond acceptors (Lipinski definition) is 4. The van der Waals surface area contributed by atoms with Crippen molar-refractivity contribution < 1.29 is 5.11 Å². The maximum atomic E-state index is 9.18. The second-order valence-electron chi connectivity index (χ2n) is 4.25. The summed E-state index contributed by atoms with van der Waals surface area (Å²) >= 11 is 0. The molecule has 2 atom stereocenters. The van der Waals surface area contributed by atoms with E-state index in [1.165, 1.54) is 6.42 Å². The van der Waals surface area contributed by atoms with E-state index in [0.29, 0.717) is 18.6 Å². The minimum atomic E-state index is 0.300. The molecule has 4 nitrogen and oxygen atoms in total. The Kier molecular flexibility index (Phi) is 2.91. The first-order valence-electron chi connectivity index (χ1n) is 5.44. The molecule has 0 radical (unpaired) electrons. The van der Waals surface area contributed by atoms with Gasteiger partial charge in [-0.3, -0.25) is 4.99 Å². The number of likely N-dealkylation sites (N-methyl/N-ethyl adjacent to an activating group) is 1. The van der Waals surface area contributed by atoms with Crippen molar-refractivity contribution in [2.24, 2.45) is 10.9 Å². The Morgan fingerprint density at radius 2 is 2.43 bits per heavy atom. The first-order valence-corrected chi connectivity index (χ1v) is 5.44. The summed E-state index contributed by atoms with van der Waals surface area (Å²) in [7, 11) is 2.06. The van der Waals surface area contributed by atoms with Crippen LogP contribution in [0.2, 0.25) is 0 Å². The van der Waals surface area contributed by atoms with Crippen LogP contribution in [0.4, 0.5) is 0 Å². The lowest BCUT2D eigenvalue weighted by atomic mass is 10.1. The van der Waals surface area contributed by atoms with Crippen LogP contribution >= 0.6 is 0 Å². The van der Waals surface area contributed by atoms with Gasteiger partial charge >= 0.3 is 0 Å². The van der Waals surface area contributed by atoms with E-state index in [9.17, 15) is 5.11 Å². The van der Waals surface area contributed by atoms with Gasteiger partial charge in [0.1, 0.15) is 0 Å². The summed E-state index contributed by atoms with van der Waals surface area (Å²) in [5.74, 6) is 1.43. The third-order valence-electron chi connectivity index (χ3n) is 3.27. The molecule has 1 aliphatic carbocycles. The van der Waals surface area contributed by atoms with Gasteiger partial charge in [0.2, 0.25) is 0 Å². The smallest absolute Gasteiger partial charge is 0.194 e. The minimum absolute atomic E-state index is 0.300. The summed E-state index contributed by atoms with van der Waals surface area (Å²) in [5.41, 5.74) is 0. The van der Waals surface area contributed by atoms with Crippen molar-refractivity contribution in [3.8, 4) is 0 Å². The molecule has 0 aromatic rings. The zero-order valence-corrected chi connectivity index (χ0v) is 8.74. The largest absolute Gasteiger partial charge is 0.396 e. The lowest BCUT2D eigenvalue weighted by molar-refractivity contribution is 0.211. The maximum Gasteiger partial charge on any atom is 0.194 e. The molecule has 0 unspecified atom stereocenters. The van der Waals surface area contributed by atoms with Crippen LogP contribution in [-0.4, -0.2) is 48.8 Å². The van der Waals surface area contributed by atoms with Gasteiger partial charge in [0, 0.05) is 32.2 Å². The highest BCUT2D eigenvalue weighted by Crippen LogP contribution is 2.25. The monoisotopic (exact) mass is 197 g/mol. The van der Waals surface area contributed by atoms with Crippen molar-refractivity contribution in [3.63, 3.8) is 0 Å². The number of aliphatic hydroxyl groups excluding tert-OH is 1. The summed E-state index contributed by atoms with van der Waals surface area (Å²) in [6.45, 7) is 2.21. The van der Waals surface area contributed by atoms with Crippen molar-refractivity contribution in [3.05, 3.63) is 0 Å². The van der Waals surface area contributed by atoms with Crippen molar-refractivity contribution >= 4 is 5.96 Å². The first-order chi connectivity index (χ1) is 6.81. The molecular weight excluding hydrogens is 178 g/mol. The fourth-order valence-corrected chi connectivity index (χ4v) is 2.30. The molecule has 0 spiro atoms. The first kappa shape index (κ1) is 9.77. The van der Waals surface area contributed by atoms with Crippen molar-refractivity contribution in [1.82, 2.24) is 10.2 Å². The standard InChI is InChI=1S/C10H19N3O/c1-13-6-5-11-10(13)12-9-4-2-3-8(9)7-14/h8-9,14H,2-7H2,1H3,(H,11,12)/t8-,9-/m1/s1. The van der Waals surface area contributed by atoms with E-state index in [2.05, 4.69) is 22.3 Å². The van der Waals surface area contributed by atoms with E-state index in [-0.39, 0.29) is 0 Å². The third-order valence-corrected chi connectivity index (χ3v) is 3.27. The fraction of sp³-hybridized carbons (Fsp3) is 0.900. The molecule has 0 aromatic heterocycles. The number of nitrogens with zero attached hydrogens (tertiary/aromatic N) is 2. The number of rotatable bonds is 2. The average Bonchev–Trinajstić information content (AvgIpc) is 2.77. The lowest BCUT2D eigenvalue weighted by Gasteiger charge is -2.23. The van der Waals surface area contributed by atoms with Crippen LogP contribution in [0, 0.1) is 5.92 Å². The second-order valence-corrected chi connectivity index (χ2v) is 4.25. The molecule has 1 saturated carbocycles. The normalized spacial score (nSPS) is 32.1. The molecule has 0 saturated heterocycles. The Labute approximate surface area is 85.0 Å². The lowest BCUT2D eigenvalue weighted by Crippen LogP contribution is -2.44. The van der Waals surface area contributed by atoms with Crippen LogP contribution < -0.4 is 5.32 Å². The highest BCUT2D eigenvalue weighted by atomic mass is 16.3. The highest BCUT2D eigenvalue weighted by Gasteiger charge is 2.28. The number of aliphatic hydroxyl groups is 1. The van der Waals surface area contributed by atoms with Gasteiger partial charge in [-0.05, 0) is 12.8 Å². The SMILES string of the molecule is CN1CCN=C1N[C@@H]1CCC[C@@H]1CO. The van der Waals surface area contributed by atoms with Gasteiger partial charge in [-0.15, -0.1) is 0 Å². The minimum Gasteiger partial charge on any atom is -0.396 e. The van der Waals surface area contributed by atoms with Crippen LogP contribution in [-0.2, 0) is 0 Å². The summed E-state index contributed by atoms with van der Waals surface area (Å²) in [4.78, 5) is 6.54. The summed E-state index contributed by atoms with van der Waals surface area (Å²) in [6.07, 6.45) is 3.53. The zero-order chi connectivity index (χ0) is 9.97. The van der Waals surface area contributed by atoms with Gasteiger partial charge < -0.3 is 15.3 Å². The zero-order valence-electron chi connectivity index (χ0n) is 8.74. The van der Waals surface area contributed by atoms with E-state index in [1.807, 2.05) is 0 Å². The molecule has 14 heavy (non-hydrogen) atoms. The van der Waals surface area contributed by atoms with Gasteiger partial charge in [0.15, 0.2) is 5.96 Å². The van der Waals surface area contributed by atoms with Crippen molar-refractivity contribution in [2.45, 2.75) is 25.3 Å². The molecule has 80 valence electrons. The van der Waals surface area contributed by atoms with Gasteiger partial charge in [-0.1, -0.05) is 6.42 Å². The molecule has 2 N–H and O–H groups in total. The van der Waals surface area contributed by atoms with Gasteiger partial charge in [-0.25, -0.2) is 0 Å². The molecule has 0 aromatic carbocycles. The van der Waals surface area contributed by atoms with E-state index in [0.717, 1.165) is 31.9 Å². The summed E-state index contributed by atoms with van der Waals surface area (Å²) in [6, 6.07) is 0.430. The third kappa shape index (κ3) is 1.85. The average molecular weight is 197 g/mol. The highest BCUT2D eigenvalue weighted by molar-refractivity contribution is 5.81. The molecule has 1 heterocycles. The Morgan fingerprint density at radius 1 is 1.57 bits per heavy atom. The van der Waals surface area contributed by atoms with Gasteiger partial charge in [0.25, 0.3) is 0 Å². The summed E-state index contributed by atoms with van der Waals surface area (Å²) < 4.78 is 0. The van der Waals surface area contributed by atoms with E-state index in [4.69, 9.17) is 0 Å². The predicted molar refractivity (Wildman–Crippen MR) is 56.3 cm³/mol. The molecule has 1 fully saturated rings. The fourth-order valence-electron chi connectivity index (χ4n) is 2.30. The Hall–Kier alpha value is -0.770. The molecular formula is C10H19N3O. The maximum absolute atomic E-state index is 9.18. The van der Waals surface area contributed by atoms with E-state index >= 15 is 0 Å².